The lowest BCUT2D eigenvalue weighted by Crippen LogP contribution is -2.28. The topological polar surface area (TPSA) is 37.8 Å². The molecule has 2 atom stereocenters. The van der Waals surface area contributed by atoms with Crippen molar-refractivity contribution in [1.82, 2.24) is 15.3 Å². The van der Waals surface area contributed by atoms with E-state index in [0.717, 1.165) is 31.3 Å². The van der Waals surface area contributed by atoms with Crippen LogP contribution in [0.1, 0.15) is 35.1 Å². The SMILES string of the molecule is FC(F)(F)c1cnc2cc3c(cc2n1)C1CNCC3C1. The van der Waals surface area contributed by atoms with Crippen molar-refractivity contribution in [2.75, 3.05) is 13.1 Å². The van der Waals surface area contributed by atoms with E-state index in [1.54, 1.807) is 6.07 Å². The van der Waals surface area contributed by atoms with Crippen LogP contribution in [-0.2, 0) is 6.18 Å². The second-order valence-electron chi connectivity index (χ2n) is 5.51. The molecule has 2 aromatic rings. The Hall–Kier alpha value is -1.69. The Morgan fingerprint density at radius 3 is 2.35 bits per heavy atom. The van der Waals surface area contributed by atoms with E-state index in [-0.39, 0.29) is 0 Å². The summed E-state index contributed by atoms with van der Waals surface area (Å²) in [6, 6.07) is 3.71. The molecule has 0 amide bonds. The first-order chi connectivity index (χ1) is 9.52. The van der Waals surface area contributed by atoms with E-state index >= 15 is 0 Å². The minimum absolute atomic E-state index is 0.339. The van der Waals surface area contributed by atoms with E-state index in [2.05, 4.69) is 15.3 Å². The summed E-state index contributed by atoms with van der Waals surface area (Å²) in [6.45, 7) is 1.82. The van der Waals surface area contributed by atoms with Gasteiger partial charge in [-0.2, -0.15) is 13.2 Å². The van der Waals surface area contributed by atoms with Crippen molar-refractivity contribution in [2.24, 2.45) is 0 Å². The van der Waals surface area contributed by atoms with Gasteiger partial charge < -0.3 is 5.32 Å². The normalized spacial score (nSPS) is 24.9. The summed E-state index contributed by atoms with van der Waals surface area (Å²) in [5.41, 5.74) is 2.32. The number of piperidine rings is 1. The summed E-state index contributed by atoms with van der Waals surface area (Å²) >= 11 is 0. The van der Waals surface area contributed by atoms with Gasteiger partial charge in [-0.25, -0.2) is 4.98 Å². The largest absolute Gasteiger partial charge is 0.434 e. The highest BCUT2D eigenvalue weighted by Crippen LogP contribution is 2.44. The second-order valence-corrected chi connectivity index (χ2v) is 5.51. The molecule has 1 aliphatic heterocycles. The number of halogens is 3. The van der Waals surface area contributed by atoms with Gasteiger partial charge in [-0.1, -0.05) is 0 Å². The first kappa shape index (κ1) is 12.1. The third-order valence-corrected chi connectivity index (χ3v) is 4.27. The van der Waals surface area contributed by atoms with Gasteiger partial charge in [0.2, 0.25) is 0 Å². The van der Waals surface area contributed by atoms with E-state index in [1.807, 2.05) is 6.07 Å². The van der Waals surface area contributed by atoms with Gasteiger partial charge in [-0.3, -0.25) is 4.98 Å². The van der Waals surface area contributed by atoms with Gasteiger partial charge in [0, 0.05) is 13.1 Å². The highest BCUT2D eigenvalue weighted by Gasteiger charge is 2.36. The van der Waals surface area contributed by atoms with Crippen LogP contribution in [0.5, 0.6) is 0 Å². The zero-order chi connectivity index (χ0) is 13.9. The number of aromatic nitrogens is 2. The van der Waals surface area contributed by atoms with Gasteiger partial charge in [0.1, 0.15) is 0 Å². The van der Waals surface area contributed by atoms with Gasteiger partial charge in [-0.05, 0) is 41.5 Å². The molecule has 0 radical (unpaired) electrons. The molecule has 0 saturated carbocycles. The van der Waals surface area contributed by atoms with Gasteiger partial charge in [-0.15, -0.1) is 0 Å². The molecule has 2 unspecified atom stereocenters. The van der Waals surface area contributed by atoms with Crippen LogP contribution in [0.15, 0.2) is 18.3 Å². The van der Waals surface area contributed by atoms with E-state index < -0.39 is 11.9 Å². The molecule has 4 rings (SSSR count). The maximum Gasteiger partial charge on any atom is 0.434 e. The van der Waals surface area contributed by atoms with Crippen molar-refractivity contribution >= 4 is 11.0 Å². The number of fused-ring (bicyclic) bond motifs is 6. The maximum absolute atomic E-state index is 12.7. The van der Waals surface area contributed by atoms with Crippen LogP contribution in [0.3, 0.4) is 0 Å². The molecule has 1 aliphatic carbocycles. The highest BCUT2D eigenvalue weighted by molar-refractivity contribution is 5.77. The standard InChI is InChI=1S/C14H12F3N3/c15-14(16,17)13-6-19-11-2-9-7-1-8(5-18-4-7)10(9)3-12(11)20-13/h2-3,6-8,18H,1,4-5H2. The molecule has 104 valence electrons. The molecule has 0 spiro atoms. The fourth-order valence-electron chi connectivity index (χ4n) is 3.35. The van der Waals surface area contributed by atoms with Crippen LogP contribution in [-0.4, -0.2) is 23.1 Å². The lowest BCUT2D eigenvalue weighted by molar-refractivity contribution is -0.141. The molecule has 2 heterocycles. The van der Waals surface area contributed by atoms with Crippen molar-refractivity contribution in [3.8, 4) is 0 Å². The van der Waals surface area contributed by atoms with Gasteiger partial charge in [0.05, 0.1) is 17.2 Å². The fraction of sp³-hybridized carbons (Fsp3) is 0.429. The molecule has 2 aliphatic rings. The molecular formula is C14H12F3N3. The molecule has 6 heteroatoms. The fourth-order valence-corrected chi connectivity index (χ4v) is 3.35. The summed E-state index contributed by atoms with van der Waals surface area (Å²) < 4.78 is 38.1. The average Bonchev–Trinajstić information content (AvgIpc) is 2.66. The second kappa shape index (κ2) is 3.91. The minimum atomic E-state index is -4.45. The third-order valence-electron chi connectivity index (χ3n) is 4.27. The van der Waals surface area contributed by atoms with Crippen LogP contribution in [0, 0.1) is 0 Å². The van der Waals surface area contributed by atoms with Crippen LogP contribution in [0.4, 0.5) is 13.2 Å². The first-order valence-electron chi connectivity index (χ1n) is 6.61. The summed E-state index contributed by atoms with van der Waals surface area (Å²) in [7, 11) is 0. The van der Waals surface area contributed by atoms with Crippen LogP contribution < -0.4 is 5.32 Å². The van der Waals surface area contributed by atoms with Crippen molar-refractivity contribution in [2.45, 2.75) is 24.4 Å². The number of nitrogens with zero attached hydrogens (tertiary/aromatic N) is 2. The first-order valence-corrected chi connectivity index (χ1v) is 6.61. The molecule has 1 N–H and O–H groups in total. The summed E-state index contributed by atoms with van der Waals surface area (Å²) in [6.07, 6.45) is -2.56. The Labute approximate surface area is 113 Å². The van der Waals surface area contributed by atoms with Crippen LogP contribution in [0.2, 0.25) is 0 Å². The van der Waals surface area contributed by atoms with Crippen molar-refractivity contribution in [1.29, 1.82) is 0 Å². The molecule has 2 bridgehead atoms. The zero-order valence-electron chi connectivity index (χ0n) is 10.5. The Morgan fingerprint density at radius 1 is 1.05 bits per heavy atom. The Morgan fingerprint density at radius 2 is 1.70 bits per heavy atom. The minimum Gasteiger partial charge on any atom is -0.316 e. The maximum atomic E-state index is 12.7. The zero-order valence-corrected chi connectivity index (χ0v) is 10.5. The van der Waals surface area contributed by atoms with Gasteiger partial charge >= 0.3 is 6.18 Å². The number of hydrogen-bond acceptors (Lipinski definition) is 3. The molecular weight excluding hydrogens is 267 g/mol. The monoisotopic (exact) mass is 279 g/mol. The average molecular weight is 279 g/mol. The van der Waals surface area contributed by atoms with Crippen molar-refractivity contribution in [3.05, 3.63) is 35.2 Å². The van der Waals surface area contributed by atoms with E-state index in [4.69, 9.17) is 0 Å². The molecule has 20 heavy (non-hydrogen) atoms. The van der Waals surface area contributed by atoms with Gasteiger partial charge in [0.15, 0.2) is 5.69 Å². The number of rotatable bonds is 0. The number of hydrogen-bond donors (Lipinski definition) is 1. The summed E-state index contributed by atoms with van der Waals surface area (Å²) in [5.74, 6) is 0.849. The Bertz CT molecular complexity index is 696. The predicted molar refractivity (Wildman–Crippen MR) is 67.5 cm³/mol. The lowest BCUT2D eigenvalue weighted by atomic mass is 9.98. The molecule has 1 saturated heterocycles. The van der Waals surface area contributed by atoms with Crippen molar-refractivity contribution < 1.29 is 13.2 Å². The molecule has 1 aromatic carbocycles. The highest BCUT2D eigenvalue weighted by atomic mass is 19.4. The van der Waals surface area contributed by atoms with E-state index in [1.165, 1.54) is 5.56 Å². The summed E-state index contributed by atoms with van der Waals surface area (Å²) in [4.78, 5) is 7.67. The number of benzene rings is 1. The third kappa shape index (κ3) is 1.71. The van der Waals surface area contributed by atoms with E-state index in [9.17, 15) is 13.2 Å². The molecule has 1 aromatic heterocycles. The van der Waals surface area contributed by atoms with Crippen LogP contribution in [0.25, 0.3) is 11.0 Å². The van der Waals surface area contributed by atoms with Gasteiger partial charge in [0.25, 0.3) is 0 Å². The lowest BCUT2D eigenvalue weighted by Gasteiger charge is -2.19. The quantitative estimate of drug-likeness (QED) is 0.806. The summed E-state index contributed by atoms with van der Waals surface area (Å²) in [5, 5.41) is 3.36. The van der Waals surface area contributed by atoms with Crippen molar-refractivity contribution in [3.63, 3.8) is 0 Å². The van der Waals surface area contributed by atoms with Crippen LogP contribution >= 0.6 is 0 Å². The number of alkyl halides is 3. The molecule has 1 fully saturated rings. The smallest absolute Gasteiger partial charge is 0.316 e. The number of nitrogens with one attached hydrogen (secondary N) is 1. The molecule has 3 nitrogen and oxygen atoms in total. The Kier molecular flexibility index (Phi) is 2.36. The van der Waals surface area contributed by atoms with E-state index in [0.29, 0.717) is 22.9 Å². The Balaban J connectivity index is 1.90. The predicted octanol–water partition coefficient (Wildman–Crippen LogP) is 2.82.